The molecule has 1 fully saturated rings. The van der Waals surface area contributed by atoms with Crippen LogP contribution in [0.15, 0.2) is 6.07 Å². The van der Waals surface area contributed by atoms with Gasteiger partial charge in [-0.05, 0) is 18.9 Å². The molecule has 7 heteroatoms. The van der Waals surface area contributed by atoms with Crippen LogP contribution in [0.5, 0.6) is 5.88 Å². The number of nitrogens with zero attached hydrogens (tertiary/aromatic N) is 3. The number of anilines is 1. The Kier molecular flexibility index (Phi) is 3.40. The number of fused-ring (bicyclic) bond motifs is 1. The molecule has 7 nitrogen and oxygen atoms in total. The Labute approximate surface area is 122 Å². The van der Waals surface area contributed by atoms with Crippen molar-refractivity contribution in [3.63, 3.8) is 0 Å². The minimum atomic E-state index is -0.388. The van der Waals surface area contributed by atoms with Crippen molar-refractivity contribution < 1.29 is 14.3 Å². The lowest BCUT2D eigenvalue weighted by Gasteiger charge is -2.16. The van der Waals surface area contributed by atoms with Crippen LogP contribution in [0.2, 0.25) is 0 Å². The number of methoxy groups -OCH3 is 2. The van der Waals surface area contributed by atoms with Gasteiger partial charge in [0.1, 0.15) is 11.3 Å². The van der Waals surface area contributed by atoms with Gasteiger partial charge in [0.25, 0.3) is 0 Å². The molecule has 112 valence electrons. The van der Waals surface area contributed by atoms with E-state index in [1.807, 2.05) is 4.57 Å². The molecule has 0 spiro atoms. The molecule has 2 aromatic heterocycles. The van der Waals surface area contributed by atoms with Gasteiger partial charge in [0, 0.05) is 6.04 Å². The fraction of sp³-hybridized carbons (Fsp3) is 0.500. The summed E-state index contributed by atoms with van der Waals surface area (Å²) in [7, 11) is 2.89. The molecule has 0 radical (unpaired) electrons. The number of rotatable bonds is 3. The fourth-order valence-corrected chi connectivity index (χ4v) is 3.03. The first-order valence-electron chi connectivity index (χ1n) is 6.96. The van der Waals surface area contributed by atoms with Gasteiger partial charge < -0.3 is 19.8 Å². The monoisotopic (exact) mass is 290 g/mol. The van der Waals surface area contributed by atoms with Gasteiger partial charge in [0.15, 0.2) is 0 Å². The molecule has 1 saturated carbocycles. The average molecular weight is 290 g/mol. The van der Waals surface area contributed by atoms with Crippen molar-refractivity contribution in [3.05, 3.63) is 11.8 Å². The van der Waals surface area contributed by atoms with Crippen molar-refractivity contribution >= 4 is 23.0 Å². The van der Waals surface area contributed by atoms with E-state index < -0.39 is 0 Å². The van der Waals surface area contributed by atoms with Gasteiger partial charge in [0.2, 0.25) is 11.8 Å². The molecule has 21 heavy (non-hydrogen) atoms. The van der Waals surface area contributed by atoms with Crippen molar-refractivity contribution in [2.24, 2.45) is 0 Å². The minimum absolute atomic E-state index is 0.133. The van der Waals surface area contributed by atoms with Gasteiger partial charge in [0.05, 0.1) is 19.6 Å². The molecule has 1 aliphatic rings. The third-order valence-corrected chi connectivity index (χ3v) is 3.95. The first-order valence-corrected chi connectivity index (χ1v) is 6.96. The van der Waals surface area contributed by atoms with Gasteiger partial charge in [-0.3, -0.25) is 0 Å². The summed E-state index contributed by atoms with van der Waals surface area (Å²) in [6, 6.07) is 1.95. The third kappa shape index (κ3) is 2.18. The van der Waals surface area contributed by atoms with E-state index in [9.17, 15) is 4.79 Å². The average Bonchev–Trinajstić information content (AvgIpc) is 3.11. The number of ether oxygens (including phenoxy) is 2. The lowest BCUT2D eigenvalue weighted by molar-refractivity contribution is 0.0586. The quantitative estimate of drug-likeness (QED) is 0.868. The number of nitrogens with two attached hydrogens (primary N) is 1. The van der Waals surface area contributed by atoms with Crippen LogP contribution in [-0.4, -0.2) is 34.7 Å². The Hall–Kier alpha value is -2.31. The molecule has 0 unspecified atom stereocenters. The van der Waals surface area contributed by atoms with Crippen LogP contribution in [0.3, 0.4) is 0 Å². The van der Waals surface area contributed by atoms with E-state index in [1.54, 1.807) is 6.07 Å². The number of nitrogen functional groups attached to an aromatic ring is 1. The maximum Gasteiger partial charge on any atom is 0.354 e. The van der Waals surface area contributed by atoms with Crippen molar-refractivity contribution in [1.29, 1.82) is 0 Å². The Morgan fingerprint density at radius 3 is 2.67 bits per heavy atom. The lowest BCUT2D eigenvalue weighted by Crippen LogP contribution is -2.15. The van der Waals surface area contributed by atoms with Crippen LogP contribution in [0, 0.1) is 0 Å². The molecule has 0 bridgehead atoms. The van der Waals surface area contributed by atoms with Gasteiger partial charge >= 0.3 is 5.97 Å². The number of esters is 1. The number of hydrogen-bond donors (Lipinski definition) is 1. The summed E-state index contributed by atoms with van der Waals surface area (Å²) in [5.74, 6) is 0.119. The molecule has 0 aromatic carbocycles. The third-order valence-electron chi connectivity index (χ3n) is 3.95. The van der Waals surface area contributed by atoms with Crippen LogP contribution in [0.4, 0.5) is 5.95 Å². The maximum absolute atomic E-state index is 12.1. The van der Waals surface area contributed by atoms with E-state index in [-0.39, 0.29) is 18.0 Å². The van der Waals surface area contributed by atoms with Crippen molar-refractivity contribution in [1.82, 2.24) is 14.5 Å². The fourth-order valence-electron chi connectivity index (χ4n) is 3.03. The van der Waals surface area contributed by atoms with Crippen LogP contribution in [0.25, 0.3) is 11.0 Å². The molecular weight excluding hydrogens is 272 g/mol. The molecule has 0 amide bonds. The van der Waals surface area contributed by atoms with Crippen LogP contribution in [0.1, 0.15) is 42.2 Å². The number of carbonyl (C=O) groups excluding carboxylic acids is 1. The van der Waals surface area contributed by atoms with Crippen molar-refractivity contribution in [2.45, 2.75) is 31.7 Å². The number of hydrogen-bond acceptors (Lipinski definition) is 6. The van der Waals surface area contributed by atoms with E-state index in [4.69, 9.17) is 15.2 Å². The Balaban J connectivity index is 2.28. The molecular formula is C14H18N4O3. The summed E-state index contributed by atoms with van der Waals surface area (Å²) in [4.78, 5) is 20.5. The van der Waals surface area contributed by atoms with Crippen LogP contribution < -0.4 is 10.5 Å². The second-order valence-electron chi connectivity index (χ2n) is 5.16. The number of aromatic nitrogens is 3. The Bertz CT molecular complexity index is 689. The summed E-state index contributed by atoms with van der Waals surface area (Å²) < 4.78 is 12.1. The molecule has 0 atom stereocenters. The molecule has 2 aromatic rings. The summed E-state index contributed by atoms with van der Waals surface area (Å²) in [5.41, 5.74) is 6.86. The van der Waals surface area contributed by atoms with E-state index in [1.165, 1.54) is 14.2 Å². The van der Waals surface area contributed by atoms with Crippen molar-refractivity contribution in [2.75, 3.05) is 20.0 Å². The molecule has 2 N–H and O–H groups in total. The van der Waals surface area contributed by atoms with E-state index >= 15 is 0 Å². The summed E-state index contributed by atoms with van der Waals surface area (Å²) in [6.07, 6.45) is 4.31. The van der Waals surface area contributed by atoms with Gasteiger partial charge in [-0.2, -0.15) is 9.97 Å². The summed E-state index contributed by atoms with van der Waals surface area (Å²) >= 11 is 0. The summed E-state index contributed by atoms with van der Waals surface area (Å²) in [6.45, 7) is 0. The minimum Gasteiger partial charge on any atom is -0.480 e. The normalized spacial score (nSPS) is 15.5. The highest BCUT2D eigenvalue weighted by atomic mass is 16.5. The van der Waals surface area contributed by atoms with Crippen LogP contribution in [-0.2, 0) is 4.74 Å². The molecule has 1 aliphatic carbocycles. The van der Waals surface area contributed by atoms with Gasteiger partial charge in [-0.15, -0.1) is 0 Å². The predicted molar refractivity (Wildman–Crippen MR) is 77.3 cm³/mol. The first kappa shape index (κ1) is 13.7. The highest BCUT2D eigenvalue weighted by molar-refractivity contribution is 5.96. The SMILES string of the molecule is COC(=O)c1cc2c(OC)nc(N)nc2n1C1CCCC1. The van der Waals surface area contributed by atoms with Gasteiger partial charge in [-0.1, -0.05) is 12.8 Å². The lowest BCUT2D eigenvalue weighted by atomic mass is 10.2. The molecule has 3 rings (SSSR count). The highest BCUT2D eigenvalue weighted by Crippen LogP contribution is 2.36. The Morgan fingerprint density at radius 2 is 2.05 bits per heavy atom. The standard InChI is InChI=1S/C14H18N4O3/c1-20-12-9-7-10(13(19)21-2)18(8-5-3-4-6-8)11(9)16-14(15)17-12/h7-8H,3-6H2,1-2H3,(H2,15,16,17). The maximum atomic E-state index is 12.1. The van der Waals surface area contributed by atoms with E-state index in [0.29, 0.717) is 22.6 Å². The smallest absolute Gasteiger partial charge is 0.354 e. The predicted octanol–water partition coefficient (Wildman–Crippen LogP) is 1.92. The molecule has 2 heterocycles. The van der Waals surface area contributed by atoms with Crippen molar-refractivity contribution in [3.8, 4) is 5.88 Å². The Morgan fingerprint density at radius 1 is 1.33 bits per heavy atom. The highest BCUT2D eigenvalue weighted by Gasteiger charge is 2.27. The second-order valence-corrected chi connectivity index (χ2v) is 5.16. The van der Waals surface area contributed by atoms with Gasteiger partial charge in [-0.25, -0.2) is 4.79 Å². The van der Waals surface area contributed by atoms with Crippen LogP contribution >= 0.6 is 0 Å². The zero-order valence-corrected chi connectivity index (χ0v) is 12.1. The molecule has 0 saturated heterocycles. The second kappa shape index (κ2) is 5.23. The zero-order chi connectivity index (χ0) is 15.0. The topological polar surface area (TPSA) is 92.3 Å². The molecule has 0 aliphatic heterocycles. The number of carbonyl (C=O) groups is 1. The summed E-state index contributed by atoms with van der Waals surface area (Å²) in [5, 5.41) is 0.680. The van der Waals surface area contributed by atoms with E-state index in [0.717, 1.165) is 25.7 Å². The largest absolute Gasteiger partial charge is 0.480 e. The zero-order valence-electron chi connectivity index (χ0n) is 12.1. The van der Waals surface area contributed by atoms with E-state index in [2.05, 4.69) is 9.97 Å². The first-order chi connectivity index (χ1) is 10.2.